The molecule has 2 heterocycles. The molecule has 0 bridgehead atoms. The van der Waals surface area contributed by atoms with Gasteiger partial charge in [-0.1, -0.05) is 0 Å². The van der Waals surface area contributed by atoms with Crippen LogP contribution in [-0.2, 0) is 14.3 Å². The maximum Gasteiger partial charge on any atom is 0.225 e. The Labute approximate surface area is 109 Å². The number of ether oxygens (including phenoxy) is 2. The van der Waals surface area contributed by atoms with E-state index in [1.165, 1.54) is 0 Å². The molecule has 0 aromatic rings. The molecule has 2 rings (SSSR count). The summed E-state index contributed by atoms with van der Waals surface area (Å²) in [6.07, 6.45) is 2.54. The number of rotatable bonds is 3. The normalized spacial score (nSPS) is 33.4. The Morgan fingerprint density at radius 2 is 2.44 bits per heavy atom. The average Bonchev–Trinajstić information content (AvgIpc) is 2.40. The van der Waals surface area contributed by atoms with Gasteiger partial charge in [0.2, 0.25) is 5.91 Å². The van der Waals surface area contributed by atoms with Gasteiger partial charge in [0.05, 0.1) is 24.7 Å². The number of methoxy groups -OCH3 is 1. The van der Waals surface area contributed by atoms with E-state index in [9.17, 15) is 4.79 Å². The summed E-state index contributed by atoms with van der Waals surface area (Å²) >= 11 is 0. The van der Waals surface area contributed by atoms with Crippen molar-refractivity contribution in [2.24, 2.45) is 0 Å². The Hall–Kier alpha value is -0.650. The van der Waals surface area contributed by atoms with Crippen LogP contribution in [0.3, 0.4) is 0 Å². The predicted molar refractivity (Wildman–Crippen MR) is 68.5 cm³/mol. The van der Waals surface area contributed by atoms with Gasteiger partial charge in [0.15, 0.2) is 0 Å². The van der Waals surface area contributed by atoms with Crippen LogP contribution in [0, 0.1) is 0 Å². The highest BCUT2D eigenvalue weighted by Gasteiger charge is 2.33. The first-order valence-electron chi connectivity index (χ1n) is 6.78. The van der Waals surface area contributed by atoms with E-state index in [4.69, 9.17) is 9.47 Å². The minimum Gasteiger partial charge on any atom is -0.377 e. The van der Waals surface area contributed by atoms with E-state index >= 15 is 0 Å². The number of piperidine rings is 1. The summed E-state index contributed by atoms with van der Waals surface area (Å²) in [5.41, 5.74) is -0.181. The fourth-order valence-corrected chi connectivity index (χ4v) is 2.66. The van der Waals surface area contributed by atoms with Crippen molar-refractivity contribution < 1.29 is 14.3 Å². The van der Waals surface area contributed by atoms with Crippen molar-refractivity contribution in [2.75, 3.05) is 39.9 Å². The zero-order valence-corrected chi connectivity index (χ0v) is 11.4. The molecule has 1 N–H and O–H groups in total. The Kier molecular flexibility index (Phi) is 4.59. The third kappa shape index (κ3) is 3.43. The zero-order chi connectivity index (χ0) is 13.0. The predicted octanol–water partition coefficient (Wildman–Crippen LogP) is 0.392. The second kappa shape index (κ2) is 5.99. The van der Waals surface area contributed by atoms with Crippen molar-refractivity contribution in [3.63, 3.8) is 0 Å². The lowest BCUT2D eigenvalue weighted by Crippen LogP contribution is -2.51. The maximum atomic E-state index is 12.2. The SMILES string of the molecule is COC1(C)CCCN(C(=O)CC2CNCCO2)C1. The first-order chi connectivity index (χ1) is 8.63. The fourth-order valence-electron chi connectivity index (χ4n) is 2.66. The van der Waals surface area contributed by atoms with E-state index in [1.807, 2.05) is 4.90 Å². The highest BCUT2D eigenvalue weighted by atomic mass is 16.5. The Bertz CT molecular complexity index is 292. The number of likely N-dealkylation sites (tertiary alicyclic amines) is 1. The van der Waals surface area contributed by atoms with Crippen LogP contribution in [0.5, 0.6) is 0 Å². The molecule has 18 heavy (non-hydrogen) atoms. The van der Waals surface area contributed by atoms with Gasteiger partial charge < -0.3 is 19.7 Å². The molecule has 0 aliphatic carbocycles. The zero-order valence-electron chi connectivity index (χ0n) is 11.4. The van der Waals surface area contributed by atoms with E-state index in [2.05, 4.69) is 12.2 Å². The molecule has 0 saturated carbocycles. The van der Waals surface area contributed by atoms with Crippen LogP contribution in [0.4, 0.5) is 0 Å². The molecule has 0 spiro atoms. The molecule has 0 aromatic carbocycles. The van der Waals surface area contributed by atoms with Crippen LogP contribution in [0.15, 0.2) is 0 Å². The van der Waals surface area contributed by atoms with Gasteiger partial charge in [0.1, 0.15) is 0 Å². The standard InChI is InChI=1S/C13H24N2O3/c1-13(17-2)4-3-6-15(10-13)12(16)8-11-9-14-5-7-18-11/h11,14H,3-10H2,1-2H3. The van der Waals surface area contributed by atoms with Crippen LogP contribution < -0.4 is 5.32 Å². The number of morpholine rings is 1. The van der Waals surface area contributed by atoms with Gasteiger partial charge in [0.25, 0.3) is 0 Å². The Morgan fingerprint density at radius 3 is 3.11 bits per heavy atom. The Morgan fingerprint density at radius 1 is 1.61 bits per heavy atom. The lowest BCUT2D eigenvalue weighted by Gasteiger charge is -2.40. The van der Waals surface area contributed by atoms with Crippen LogP contribution in [-0.4, -0.2) is 62.4 Å². The van der Waals surface area contributed by atoms with E-state index in [0.29, 0.717) is 19.6 Å². The third-order valence-corrected chi connectivity index (χ3v) is 3.91. The van der Waals surface area contributed by atoms with Crippen LogP contribution in [0.2, 0.25) is 0 Å². The van der Waals surface area contributed by atoms with E-state index < -0.39 is 0 Å². The van der Waals surface area contributed by atoms with Crippen molar-refractivity contribution in [1.29, 1.82) is 0 Å². The van der Waals surface area contributed by atoms with Crippen LogP contribution in [0.25, 0.3) is 0 Å². The molecule has 104 valence electrons. The smallest absolute Gasteiger partial charge is 0.225 e. The minimum atomic E-state index is -0.181. The average molecular weight is 256 g/mol. The minimum absolute atomic E-state index is 0.0296. The summed E-state index contributed by atoms with van der Waals surface area (Å²) in [7, 11) is 1.72. The third-order valence-electron chi connectivity index (χ3n) is 3.91. The second-order valence-corrected chi connectivity index (χ2v) is 5.47. The van der Waals surface area contributed by atoms with Crippen LogP contribution >= 0.6 is 0 Å². The lowest BCUT2D eigenvalue weighted by molar-refractivity contribution is -0.142. The number of nitrogens with zero attached hydrogens (tertiary/aromatic N) is 1. The van der Waals surface area contributed by atoms with E-state index in [0.717, 1.165) is 32.5 Å². The first kappa shape index (κ1) is 13.8. The van der Waals surface area contributed by atoms with Gasteiger partial charge in [-0.25, -0.2) is 0 Å². The van der Waals surface area contributed by atoms with Crippen molar-refractivity contribution in [1.82, 2.24) is 10.2 Å². The van der Waals surface area contributed by atoms with Gasteiger partial charge >= 0.3 is 0 Å². The van der Waals surface area contributed by atoms with Crippen molar-refractivity contribution in [3.8, 4) is 0 Å². The summed E-state index contributed by atoms with van der Waals surface area (Å²) in [4.78, 5) is 14.2. The largest absolute Gasteiger partial charge is 0.377 e. The lowest BCUT2D eigenvalue weighted by atomic mass is 9.94. The molecular weight excluding hydrogens is 232 g/mol. The molecule has 2 fully saturated rings. The number of carbonyl (C=O) groups is 1. The van der Waals surface area contributed by atoms with Gasteiger partial charge in [-0.2, -0.15) is 0 Å². The summed E-state index contributed by atoms with van der Waals surface area (Å²) in [5, 5.41) is 3.25. The fraction of sp³-hybridized carbons (Fsp3) is 0.923. The molecule has 2 unspecified atom stereocenters. The van der Waals surface area contributed by atoms with E-state index in [1.54, 1.807) is 7.11 Å². The Balaban J connectivity index is 1.84. The molecule has 2 saturated heterocycles. The maximum absolute atomic E-state index is 12.2. The van der Waals surface area contributed by atoms with Crippen molar-refractivity contribution in [2.45, 2.75) is 37.9 Å². The second-order valence-electron chi connectivity index (χ2n) is 5.47. The number of amides is 1. The molecule has 0 radical (unpaired) electrons. The summed E-state index contributed by atoms with van der Waals surface area (Å²) in [6, 6.07) is 0. The van der Waals surface area contributed by atoms with Crippen LogP contribution in [0.1, 0.15) is 26.2 Å². The van der Waals surface area contributed by atoms with Gasteiger partial charge in [0, 0.05) is 33.3 Å². The molecule has 2 atom stereocenters. The van der Waals surface area contributed by atoms with Gasteiger partial charge in [-0.05, 0) is 19.8 Å². The quantitative estimate of drug-likeness (QED) is 0.794. The van der Waals surface area contributed by atoms with Gasteiger partial charge in [-0.3, -0.25) is 4.79 Å². The highest BCUT2D eigenvalue weighted by molar-refractivity contribution is 5.77. The molecule has 5 nitrogen and oxygen atoms in total. The summed E-state index contributed by atoms with van der Waals surface area (Å²) < 4.78 is 11.1. The number of carbonyl (C=O) groups excluding carboxylic acids is 1. The molecule has 1 amide bonds. The molecule has 2 aliphatic heterocycles. The highest BCUT2D eigenvalue weighted by Crippen LogP contribution is 2.24. The first-order valence-corrected chi connectivity index (χ1v) is 6.78. The number of nitrogens with one attached hydrogen (secondary N) is 1. The number of hydrogen-bond acceptors (Lipinski definition) is 4. The van der Waals surface area contributed by atoms with E-state index in [-0.39, 0.29) is 17.6 Å². The van der Waals surface area contributed by atoms with Crippen molar-refractivity contribution >= 4 is 5.91 Å². The monoisotopic (exact) mass is 256 g/mol. The number of hydrogen-bond donors (Lipinski definition) is 1. The molecule has 0 aromatic heterocycles. The van der Waals surface area contributed by atoms with Crippen molar-refractivity contribution in [3.05, 3.63) is 0 Å². The summed E-state index contributed by atoms with van der Waals surface area (Å²) in [5.74, 6) is 0.187. The molecule has 5 heteroatoms. The molecular formula is C13H24N2O3. The summed E-state index contributed by atoms with van der Waals surface area (Å²) in [6.45, 7) is 5.98. The van der Waals surface area contributed by atoms with Gasteiger partial charge in [-0.15, -0.1) is 0 Å². The topological polar surface area (TPSA) is 50.8 Å². The molecule has 2 aliphatic rings.